The summed E-state index contributed by atoms with van der Waals surface area (Å²) in [6.45, 7) is 2.85. The van der Waals surface area contributed by atoms with E-state index in [4.69, 9.17) is 5.11 Å². The SMILES string of the molecule is Cc1ccc(N2CCSC2)c(C(=O)O)c1. The Kier molecular flexibility index (Phi) is 2.86. The standard InChI is InChI=1S/C11H13NO2S/c1-8-2-3-10(9(6-8)11(13)14)12-4-5-15-7-12/h2-3,6H,4-5,7H2,1H3,(H,13,14). The lowest BCUT2D eigenvalue weighted by Crippen LogP contribution is -2.20. The highest BCUT2D eigenvalue weighted by Crippen LogP contribution is 2.27. The Hall–Kier alpha value is -1.16. The minimum atomic E-state index is -0.842. The largest absolute Gasteiger partial charge is 0.478 e. The molecule has 0 atom stereocenters. The van der Waals surface area contributed by atoms with Gasteiger partial charge >= 0.3 is 5.97 Å². The number of nitrogens with zero attached hydrogens (tertiary/aromatic N) is 1. The first-order valence-corrected chi connectivity index (χ1v) is 6.00. The number of benzene rings is 1. The molecule has 0 amide bonds. The number of hydrogen-bond donors (Lipinski definition) is 1. The minimum absolute atomic E-state index is 0.414. The summed E-state index contributed by atoms with van der Waals surface area (Å²) >= 11 is 1.83. The second-order valence-corrected chi connectivity index (χ2v) is 4.70. The first kappa shape index (κ1) is 10.4. The topological polar surface area (TPSA) is 40.5 Å². The molecule has 0 radical (unpaired) electrons. The summed E-state index contributed by atoms with van der Waals surface area (Å²) in [4.78, 5) is 13.2. The molecule has 1 aliphatic rings. The van der Waals surface area contributed by atoms with E-state index in [9.17, 15) is 4.79 Å². The zero-order chi connectivity index (χ0) is 10.8. The van der Waals surface area contributed by atoms with Gasteiger partial charge in [0.25, 0.3) is 0 Å². The van der Waals surface area contributed by atoms with E-state index in [0.29, 0.717) is 5.56 Å². The highest BCUT2D eigenvalue weighted by atomic mass is 32.2. The maximum absolute atomic E-state index is 11.1. The third-order valence-corrected chi connectivity index (χ3v) is 3.44. The zero-order valence-electron chi connectivity index (χ0n) is 8.56. The highest BCUT2D eigenvalue weighted by molar-refractivity contribution is 7.99. The number of rotatable bonds is 2. The van der Waals surface area contributed by atoms with Gasteiger partial charge < -0.3 is 10.0 Å². The monoisotopic (exact) mass is 223 g/mol. The molecule has 4 heteroatoms. The number of carboxylic acid groups (broad SMARTS) is 1. The van der Waals surface area contributed by atoms with E-state index < -0.39 is 5.97 Å². The Balaban J connectivity index is 2.40. The summed E-state index contributed by atoms with van der Waals surface area (Å²) in [5.74, 6) is 1.13. The van der Waals surface area contributed by atoms with Crippen LogP contribution in [0.2, 0.25) is 0 Å². The molecule has 2 rings (SSSR count). The van der Waals surface area contributed by atoms with Crippen LogP contribution in [-0.4, -0.2) is 29.3 Å². The van der Waals surface area contributed by atoms with E-state index in [1.165, 1.54) is 0 Å². The Morgan fingerprint density at radius 1 is 1.53 bits per heavy atom. The third kappa shape index (κ3) is 2.09. The molecular formula is C11H13NO2S. The van der Waals surface area contributed by atoms with Gasteiger partial charge in [0.15, 0.2) is 0 Å². The highest BCUT2D eigenvalue weighted by Gasteiger charge is 2.19. The fourth-order valence-corrected chi connectivity index (χ4v) is 2.67. The summed E-state index contributed by atoms with van der Waals surface area (Å²) in [6.07, 6.45) is 0. The molecule has 1 heterocycles. The van der Waals surface area contributed by atoms with E-state index in [0.717, 1.165) is 29.4 Å². The van der Waals surface area contributed by atoms with Crippen LogP contribution in [0.25, 0.3) is 0 Å². The van der Waals surface area contributed by atoms with Crippen LogP contribution in [0, 0.1) is 6.92 Å². The van der Waals surface area contributed by atoms with Gasteiger partial charge in [-0.3, -0.25) is 0 Å². The van der Waals surface area contributed by atoms with Gasteiger partial charge in [-0.25, -0.2) is 4.79 Å². The molecule has 1 aliphatic heterocycles. The number of hydrogen-bond acceptors (Lipinski definition) is 3. The van der Waals surface area contributed by atoms with Crippen molar-refractivity contribution in [3.05, 3.63) is 29.3 Å². The van der Waals surface area contributed by atoms with Crippen molar-refractivity contribution in [2.24, 2.45) is 0 Å². The van der Waals surface area contributed by atoms with Crippen molar-refractivity contribution in [3.8, 4) is 0 Å². The van der Waals surface area contributed by atoms with Gasteiger partial charge in [-0.05, 0) is 19.1 Å². The normalized spacial score (nSPS) is 15.7. The number of thioether (sulfide) groups is 1. The minimum Gasteiger partial charge on any atom is -0.478 e. The molecule has 80 valence electrons. The fraction of sp³-hybridized carbons (Fsp3) is 0.364. The van der Waals surface area contributed by atoms with Crippen LogP contribution < -0.4 is 4.90 Å². The van der Waals surface area contributed by atoms with Crippen LogP contribution in [0.1, 0.15) is 15.9 Å². The Labute approximate surface area is 93.1 Å². The van der Waals surface area contributed by atoms with Gasteiger partial charge in [0.05, 0.1) is 17.1 Å². The van der Waals surface area contributed by atoms with Gasteiger partial charge in [0.2, 0.25) is 0 Å². The van der Waals surface area contributed by atoms with Gasteiger partial charge in [-0.2, -0.15) is 0 Å². The maximum atomic E-state index is 11.1. The van der Waals surface area contributed by atoms with Crippen molar-refractivity contribution in [3.63, 3.8) is 0 Å². The molecule has 1 saturated heterocycles. The molecule has 1 aromatic rings. The van der Waals surface area contributed by atoms with Crippen molar-refractivity contribution in [2.75, 3.05) is 23.1 Å². The summed E-state index contributed by atoms with van der Waals surface area (Å²) in [6, 6.07) is 5.61. The number of anilines is 1. The molecule has 0 saturated carbocycles. The average molecular weight is 223 g/mol. The molecule has 0 spiro atoms. The summed E-state index contributed by atoms with van der Waals surface area (Å²) in [5.41, 5.74) is 2.25. The predicted molar refractivity (Wildman–Crippen MR) is 62.8 cm³/mol. The van der Waals surface area contributed by atoms with Crippen LogP contribution in [0.4, 0.5) is 5.69 Å². The Morgan fingerprint density at radius 3 is 2.93 bits per heavy atom. The molecule has 1 aromatic carbocycles. The first-order chi connectivity index (χ1) is 7.18. The summed E-state index contributed by atoms with van der Waals surface area (Å²) < 4.78 is 0. The Morgan fingerprint density at radius 2 is 2.33 bits per heavy atom. The molecule has 0 aromatic heterocycles. The van der Waals surface area contributed by atoms with E-state index in [1.807, 2.05) is 30.8 Å². The second kappa shape index (κ2) is 4.14. The van der Waals surface area contributed by atoms with Gasteiger partial charge in [0, 0.05) is 12.3 Å². The van der Waals surface area contributed by atoms with Gasteiger partial charge in [-0.1, -0.05) is 11.6 Å². The quantitative estimate of drug-likeness (QED) is 0.834. The number of aromatic carboxylic acids is 1. The van der Waals surface area contributed by atoms with Gasteiger partial charge in [-0.15, -0.1) is 11.8 Å². The molecular weight excluding hydrogens is 210 g/mol. The van der Waals surface area contributed by atoms with Crippen molar-refractivity contribution < 1.29 is 9.90 Å². The van der Waals surface area contributed by atoms with Crippen molar-refractivity contribution in [1.82, 2.24) is 0 Å². The second-order valence-electron chi connectivity index (χ2n) is 3.63. The first-order valence-electron chi connectivity index (χ1n) is 4.85. The van der Waals surface area contributed by atoms with E-state index in [2.05, 4.69) is 4.90 Å². The summed E-state index contributed by atoms with van der Waals surface area (Å²) in [5, 5.41) is 9.12. The van der Waals surface area contributed by atoms with E-state index >= 15 is 0 Å². The van der Waals surface area contributed by atoms with Crippen LogP contribution in [-0.2, 0) is 0 Å². The number of carboxylic acids is 1. The van der Waals surface area contributed by atoms with Crippen LogP contribution in [0.5, 0.6) is 0 Å². The lowest BCUT2D eigenvalue weighted by molar-refractivity contribution is 0.0697. The summed E-state index contributed by atoms with van der Waals surface area (Å²) in [7, 11) is 0. The molecule has 0 aliphatic carbocycles. The number of aryl methyl sites for hydroxylation is 1. The molecule has 1 fully saturated rings. The average Bonchev–Trinajstić information content (AvgIpc) is 2.70. The Bertz CT molecular complexity index is 386. The van der Waals surface area contributed by atoms with E-state index in [-0.39, 0.29) is 0 Å². The smallest absolute Gasteiger partial charge is 0.337 e. The molecule has 0 unspecified atom stereocenters. The van der Waals surface area contributed by atoms with Crippen LogP contribution in [0.3, 0.4) is 0 Å². The molecule has 1 N–H and O–H groups in total. The lowest BCUT2D eigenvalue weighted by Gasteiger charge is -2.19. The van der Waals surface area contributed by atoms with Crippen molar-refractivity contribution in [2.45, 2.75) is 6.92 Å². The molecule has 15 heavy (non-hydrogen) atoms. The molecule has 0 bridgehead atoms. The molecule has 3 nitrogen and oxygen atoms in total. The fourth-order valence-electron chi connectivity index (χ4n) is 1.70. The van der Waals surface area contributed by atoms with Crippen LogP contribution in [0.15, 0.2) is 18.2 Å². The lowest BCUT2D eigenvalue weighted by atomic mass is 10.1. The van der Waals surface area contributed by atoms with E-state index in [1.54, 1.807) is 6.07 Å². The maximum Gasteiger partial charge on any atom is 0.337 e. The third-order valence-electron chi connectivity index (χ3n) is 2.48. The van der Waals surface area contributed by atoms with Crippen molar-refractivity contribution >= 4 is 23.4 Å². The van der Waals surface area contributed by atoms with Crippen LogP contribution >= 0.6 is 11.8 Å². The predicted octanol–water partition coefficient (Wildman–Crippen LogP) is 2.20. The van der Waals surface area contributed by atoms with Crippen molar-refractivity contribution in [1.29, 1.82) is 0 Å². The number of carbonyl (C=O) groups is 1. The zero-order valence-corrected chi connectivity index (χ0v) is 9.38. The van der Waals surface area contributed by atoms with Gasteiger partial charge in [0.1, 0.15) is 0 Å².